The molecule has 3 nitrogen and oxygen atoms in total. The number of halogens is 1. The highest BCUT2D eigenvalue weighted by molar-refractivity contribution is 6.30. The number of hydrogen-bond donors (Lipinski definition) is 0. The zero-order chi connectivity index (χ0) is 12.5. The summed E-state index contributed by atoms with van der Waals surface area (Å²) in [5.74, 6) is 0. The van der Waals surface area contributed by atoms with Crippen LogP contribution in [0.2, 0.25) is 5.15 Å². The molecule has 0 aliphatic rings. The lowest BCUT2D eigenvalue weighted by Gasteiger charge is -2.06. The van der Waals surface area contributed by atoms with Gasteiger partial charge in [0.05, 0.1) is 5.39 Å². The molecule has 88 valence electrons. The lowest BCUT2D eigenvalue weighted by Crippen LogP contribution is -2.28. The van der Waals surface area contributed by atoms with Crippen LogP contribution < -0.4 is 4.73 Å². The minimum Gasteiger partial charge on any atom is -0.618 e. The third-order valence-corrected chi connectivity index (χ3v) is 3.00. The van der Waals surface area contributed by atoms with Gasteiger partial charge < -0.3 is 5.21 Å². The van der Waals surface area contributed by atoms with Gasteiger partial charge in [-0.3, -0.25) is 0 Å². The second-order valence-electron chi connectivity index (χ2n) is 3.99. The molecule has 0 atom stereocenters. The Hall–Kier alpha value is -2.13. The van der Waals surface area contributed by atoms with E-state index in [1.807, 2.05) is 36.4 Å². The first-order valence-electron chi connectivity index (χ1n) is 5.48. The summed E-state index contributed by atoms with van der Waals surface area (Å²) in [7, 11) is 0. The summed E-state index contributed by atoms with van der Waals surface area (Å²) in [5, 5.41) is 14.1. The quantitative estimate of drug-likeness (QED) is 0.381. The first-order valence-corrected chi connectivity index (χ1v) is 5.86. The van der Waals surface area contributed by atoms with Crippen molar-refractivity contribution in [1.82, 2.24) is 4.98 Å². The van der Waals surface area contributed by atoms with Gasteiger partial charge in [-0.1, -0.05) is 29.8 Å². The molecule has 1 aromatic carbocycles. The molecule has 0 aliphatic carbocycles. The van der Waals surface area contributed by atoms with E-state index in [1.165, 1.54) is 6.20 Å². The first-order chi connectivity index (χ1) is 8.74. The van der Waals surface area contributed by atoms with Crippen LogP contribution in [0.3, 0.4) is 0 Å². The summed E-state index contributed by atoms with van der Waals surface area (Å²) in [5.41, 5.74) is 1.48. The van der Waals surface area contributed by atoms with E-state index in [0.717, 1.165) is 21.1 Å². The van der Waals surface area contributed by atoms with E-state index < -0.39 is 0 Å². The lowest BCUT2D eigenvalue weighted by molar-refractivity contribution is -0.592. The maximum Gasteiger partial charge on any atom is 0.224 e. The molecule has 3 rings (SSSR count). The van der Waals surface area contributed by atoms with Crippen molar-refractivity contribution in [3.8, 4) is 11.3 Å². The van der Waals surface area contributed by atoms with Crippen molar-refractivity contribution >= 4 is 22.4 Å². The number of pyridine rings is 2. The van der Waals surface area contributed by atoms with E-state index in [-0.39, 0.29) is 0 Å². The highest BCUT2D eigenvalue weighted by Crippen LogP contribution is 2.21. The van der Waals surface area contributed by atoms with Crippen molar-refractivity contribution in [2.75, 3.05) is 0 Å². The van der Waals surface area contributed by atoms with E-state index in [0.29, 0.717) is 10.8 Å². The van der Waals surface area contributed by atoms with E-state index in [1.54, 1.807) is 12.3 Å². The van der Waals surface area contributed by atoms with E-state index in [2.05, 4.69) is 4.98 Å². The summed E-state index contributed by atoms with van der Waals surface area (Å²) in [6.45, 7) is 0. The topological polar surface area (TPSA) is 39.8 Å². The fourth-order valence-electron chi connectivity index (χ4n) is 1.91. The molecular weight excluding hydrogens is 248 g/mol. The third-order valence-electron chi connectivity index (χ3n) is 2.79. The van der Waals surface area contributed by atoms with Crippen molar-refractivity contribution in [3.63, 3.8) is 0 Å². The third kappa shape index (κ3) is 1.89. The molecule has 0 fully saturated rings. The number of aromatic nitrogens is 2. The Balaban J connectivity index is 2.25. The highest BCUT2D eigenvalue weighted by atomic mass is 35.5. The predicted molar refractivity (Wildman–Crippen MR) is 71.1 cm³/mol. The molecule has 2 aromatic heterocycles. The van der Waals surface area contributed by atoms with Gasteiger partial charge in [-0.15, -0.1) is 0 Å². The smallest absolute Gasteiger partial charge is 0.224 e. The summed E-state index contributed by atoms with van der Waals surface area (Å²) in [6.07, 6.45) is 3.19. The van der Waals surface area contributed by atoms with Crippen LogP contribution >= 0.6 is 11.6 Å². The Bertz CT molecular complexity index is 714. The molecule has 3 aromatic rings. The largest absolute Gasteiger partial charge is 0.618 e. The molecule has 0 saturated heterocycles. The van der Waals surface area contributed by atoms with Crippen LogP contribution in [0.25, 0.3) is 22.0 Å². The summed E-state index contributed by atoms with van der Waals surface area (Å²) < 4.78 is 0.855. The highest BCUT2D eigenvalue weighted by Gasteiger charge is 2.10. The normalized spacial score (nSPS) is 10.7. The van der Waals surface area contributed by atoms with Gasteiger partial charge in [0.25, 0.3) is 0 Å². The number of nitrogens with zero attached hydrogens (tertiary/aromatic N) is 2. The van der Waals surface area contributed by atoms with Crippen LogP contribution in [0.5, 0.6) is 0 Å². The van der Waals surface area contributed by atoms with Gasteiger partial charge in [0.15, 0.2) is 6.20 Å². The second kappa shape index (κ2) is 4.27. The van der Waals surface area contributed by atoms with E-state index >= 15 is 0 Å². The van der Waals surface area contributed by atoms with Crippen molar-refractivity contribution in [2.24, 2.45) is 0 Å². The summed E-state index contributed by atoms with van der Waals surface area (Å²) in [4.78, 5) is 4.03. The Morgan fingerprint density at radius 2 is 1.83 bits per heavy atom. The van der Waals surface area contributed by atoms with Gasteiger partial charge in [-0.05, 0) is 18.2 Å². The minimum atomic E-state index is 0.384. The van der Waals surface area contributed by atoms with Crippen molar-refractivity contribution < 1.29 is 4.73 Å². The average Bonchev–Trinajstić information content (AvgIpc) is 2.39. The van der Waals surface area contributed by atoms with Crippen LogP contribution in [0.15, 0.2) is 54.9 Å². The lowest BCUT2D eigenvalue weighted by atomic mass is 10.1. The number of fused-ring (bicyclic) bond motifs is 1. The Kier molecular flexibility index (Phi) is 2.61. The van der Waals surface area contributed by atoms with E-state index in [4.69, 9.17) is 11.6 Å². The van der Waals surface area contributed by atoms with Crippen LogP contribution in [0, 0.1) is 5.21 Å². The Morgan fingerprint density at radius 3 is 2.61 bits per heavy atom. The van der Waals surface area contributed by atoms with Gasteiger partial charge in [-0.2, -0.15) is 4.73 Å². The van der Waals surface area contributed by atoms with Crippen molar-refractivity contribution in [3.05, 3.63) is 65.2 Å². The predicted octanol–water partition coefficient (Wildman–Crippen LogP) is 3.19. The number of rotatable bonds is 1. The monoisotopic (exact) mass is 256 g/mol. The fourth-order valence-corrected chi connectivity index (χ4v) is 2.08. The summed E-state index contributed by atoms with van der Waals surface area (Å²) in [6, 6.07) is 13.0. The molecule has 0 radical (unpaired) electrons. The standard InChI is InChI=1S/C14H9ClN2O/c15-14-7-12-9-17(18)13(6-11(12)8-16-14)10-4-2-1-3-5-10/h1-9H. The zero-order valence-electron chi connectivity index (χ0n) is 9.38. The fraction of sp³-hybridized carbons (Fsp3) is 0. The van der Waals surface area contributed by atoms with Gasteiger partial charge in [0.1, 0.15) is 5.15 Å². The molecule has 0 aliphatic heterocycles. The molecule has 2 heterocycles. The maximum atomic E-state index is 12.0. The molecule has 0 N–H and O–H groups in total. The van der Waals surface area contributed by atoms with Gasteiger partial charge in [0.2, 0.25) is 5.69 Å². The summed E-state index contributed by atoms with van der Waals surface area (Å²) >= 11 is 5.81. The molecule has 0 amide bonds. The maximum absolute atomic E-state index is 12.0. The first kappa shape index (κ1) is 11.0. The van der Waals surface area contributed by atoms with E-state index in [9.17, 15) is 5.21 Å². The Morgan fingerprint density at radius 1 is 1.06 bits per heavy atom. The molecular formula is C14H9ClN2O. The van der Waals surface area contributed by atoms with Crippen molar-refractivity contribution in [1.29, 1.82) is 0 Å². The zero-order valence-corrected chi connectivity index (χ0v) is 10.1. The molecule has 0 bridgehead atoms. The molecule has 4 heteroatoms. The second-order valence-corrected chi connectivity index (χ2v) is 4.37. The van der Waals surface area contributed by atoms with Gasteiger partial charge in [-0.25, -0.2) is 4.98 Å². The molecule has 0 saturated carbocycles. The van der Waals surface area contributed by atoms with Crippen LogP contribution in [-0.4, -0.2) is 4.98 Å². The van der Waals surface area contributed by atoms with Gasteiger partial charge in [0, 0.05) is 23.2 Å². The van der Waals surface area contributed by atoms with Crippen LogP contribution in [-0.2, 0) is 0 Å². The van der Waals surface area contributed by atoms with Gasteiger partial charge >= 0.3 is 0 Å². The Labute approximate surface area is 109 Å². The molecule has 0 unspecified atom stereocenters. The number of benzene rings is 1. The van der Waals surface area contributed by atoms with Crippen molar-refractivity contribution in [2.45, 2.75) is 0 Å². The van der Waals surface area contributed by atoms with Crippen LogP contribution in [0.1, 0.15) is 0 Å². The molecule has 0 spiro atoms. The SMILES string of the molecule is [O-][n+]1cc2cc(Cl)ncc2cc1-c1ccccc1. The molecule has 18 heavy (non-hydrogen) atoms. The average molecular weight is 257 g/mol. The van der Waals surface area contributed by atoms with Crippen LogP contribution in [0.4, 0.5) is 0 Å². The number of hydrogen-bond acceptors (Lipinski definition) is 2. The minimum absolute atomic E-state index is 0.384.